The average molecular weight is 865 g/mol. The lowest BCUT2D eigenvalue weighted by Gasteiger charge is -2.30. The van der Waals surface area contributed by atoms with Crippen LogP contribution >= 0.6 is 0 Å². The maximum atomic E-state index is 14.2. The Labute approximate surface area is 365 Å². The number of benzene rings is 2. The third-order valence-electron chi connectivity index (χ3n) is 9.72. The number of carbonyl (C=O) groups excluding carboxylic acids is 6. The number of hydrogen-bond donors (Lipinski definition) is 8. The van der Waals surface area contributed by atoms with Crippen LogP contribution in [0.3, 0.4) is 0 Å². The van der Waals surface area contributed by atoms with E-state index in [1.807, 2.05) is 13.0 Å². The summed E-state index contributed by atoms with van der Waals surface area (Å²) in [7, 11) is 1.40. The molecule has 4 bridgehead atoms. The molecule has 1 heterocycles. The van der Waals surface area contributed by atoms with Crippen molar-refractivity contribution in [3.63, 3.8) is 0 Å². The molecule has 3 rings (SSSR count). The van der Waals surface area contributed by atoms with Gasteiger partial charge < -0.3 is 58.2 Å². The molecule has 342 valence electrons. The van der Waals surface area contributed by atoms with Gasteiger partial charge in [0.1, 0.15) is 49.4 Å². The van der Waals surface area contributed by atoms with E-state index in [0.717, 1.165) is 30.7 Å². The van der Waals surface area contributed by atoms with Gasteiger partial charge >= 0.3 is 0 Å². The van der Waals surface area contributed by atoms with Crippen LogP contribution in [0, 0.1) is 11.3 Å². The van der Waals surface area contributed by atoms with E-state index in [-0.39, 0.29) is 58.0 Å². The molecule has 2 unspecified atom stereocenters. The zero-order valence-corrected chi connectivity index (χ0v) is 36.8. The topological polar surface area (TPSA) is 286 Å². The van der Waals surface area contributed by atoms with Crippen molar-refractivity contribution in [2.45, 2.75) is 103 Å². The molecule has 0 saturated heterocycles. The fourth-order valence-electron chi connectivity index (χ4n) is 6.49. The maximum Gasteiger partial charge on any atom is 0.248 e. The summed E-state index contributed by atoms with van der Waals surface area (Å²) in [4.78, 5) is 80.8. The van der Waals surface area contributed by atoms with E-state index in [0.29, 0.717) is 40.3 Å². The number of nitrogens with two attached hydrogens (primary N) is 3. The van der Waals surface area contributed by atoms with E-state index in [9.17, 15) is 28.8 Å². The molecule has 18 heteroatoms. The van der Waals surface area contributed by atoms with Gasteiger partial charge in [-0.3, -0.25) is 28.8 Å². The average Bonchev–Trinajstić information content (AvgIpc) is 3.26. The van der Waals surface area contributed by atoms with Crippen molar-refractivity contribution >= 4 is 35.4 Å². The molecule has 1 aliphatic heterocycles. The lowest BCUT2D eigenvalue weighted by atomic mass is 9.93. The third kappa shape index (κ3) is 18.1. The van der Waals surface area contributed by atoms with Crippen LogP contribution in [0.1, 0.15) is 95.7 Å². The first-order valence-corrected chi connectivity index (χ1v) is 21.5. The highest BCUT2D eigenvalue weighted by Crippen LogP contribution is 2.40. The maximum absolute atomic E-state index is 14.2. The molecule has 62 heavy (non-hydrogen) atoms. The van der Waals surface area contributed by atoms with Crippen LogP contribution in [-0.4, -0.2) is 112 Å². The van der Waals surface area contributed by atoms with Crippen LogP contribution < -0.4 is 53.3 Å². The number of hydrogen-bond acceptors (Lipinski definition) is 12. The summed E-state index contributed by atoms with van der Waals surface area (Å²) in [5, 5.41) is 22.3. The van der Waals surface area contributed by atoms with Gasteiger partial charge in [-0.25, -0.2) is 0 Å². The van der Waals surface area contributed by atoms with Gasteiger partial charge in [0.15, 0.2) is 0 Å². The molecule has 6 amide bonds. The highest BCUT2D eigenvalue weighted by Gasteiger charge is 2.33. The van der Waals surface area contributed by atoms with Crippen LogP contribution in [-0.2, 0) is 35.2 Å². The fourth-order valence-corrected chi connectivity index (χ4v) is 6.49. The molecular weight excluding hydrogens is 797 g/mol. The summed E-state index contributed by atoms with van der Waals surface area (Å²) in [5.41, 5.74) is 18.3. The summed E-state index contributed by atoms with van der Waals surface area (Å²) in [5.74, 6) is -2.64. The van der Waals surface area contributed by atoms with Gasteiger partial charge in [0.2, 0.25) is 35.4 Å². The van der Waals surface area contributed by atoms with Crippen LogP contribution in [0.2, 0.25) is 0 Å². The van der Waals surface area contributed by atoms with E-state index in [1.165, 1.54) is 39.7 Å². The van der Waals surface area contributed by atoms with Crippen molar-refractivity contribution < 1.29 is 38.2 Å². The normalized spacial score (nSPS) is 15.8. The number of carbonyl (C=O) groups is 6. The van der Waals surface area contributed by atoms with Crippen LogP contribution in [0.15, 0.2) is 36.4 Å². The second kappa shape index (κ2) is 29.5. The molecule has 0 spiro atoms. The summed E-state index contributed by atoms with van der Waals surface area (Å²) in [6.07, 6.45) is 7.68. The number of likely N-dealkylation sites (N-methyl/N-ethyl adjacent to an activating group) is 1. The Morgan fingerprint density at radius 3 is 2.00 bits per heavy atom. The zero-order chi connectivity index (χ0) is 45.9. The van der Waals surface area contributed by atoms with Gasteiger partial charge in [0, 0.05) is 57.1 Å². The molecule has 2 aromatic carbocycles. The highest BCUT2D eigenvalue weighted by molar-refractivity contribution is 5.96. The van der Waals surface area contributed by atoms with Crippen molar-refractivity contribution in [3.8, 4) is 28.7 Å². The number of fused-ring (bicyclic) bond motifs is 5. The van der Waals surface area contributed by atoms with E-state index < -0.39 is 54.2 Å². The molecule has 0 aromatic heterocycles. The van der Waals surface area contributed by atoms with Crippen molar-refractivity contribution in [3.05, 3.63) is 47.5 Å². The predicted octanol–water partition coefficient (Wildman–Crippen LogP) is 1.44. The first kappa shape index (κ1) is 52.4. The second-order valence-electron chi connectivity index (χ2n) is 14.8. The Hall–Kier alpha value is -5.77. The number of nitriles is 1. The Kier molecular flexibility index (Phi) is 24.9. The van der Waals surface area contributed by atoms with Crippen molar-refractivity contribution in [2.75, 3.05) is 59.5 Å². The molecule has 0 aliphatic carbocycles. The number of ether oxygens (including phenoxy) is 2. The first-order valence-electron chi connectivity index (χ1n) is 21.5. The summed E-state index contributed by atoms with van der Waals surface area (Å²) < 4.78 is 12.1. The number of nitrogens with one attached hydrogen (secondary N) is 5. The summed E-state index contributed by atoms with van der Waals surface area (Å²) in [6, 6.07) is 8.33. The van der Waals surface area contributed by atoms with Gasteiger partial charge in [-0.2, -0.15) is 5.26 Å². The van der Waals surface area contributed by atoms with E-state index in [2.05, 4.69) is 33.5 Å². The Balaban J connectivity index is 0.00000428. The predicted molar refractivity (Wildman–Crippen MR) is 236 cm³/mol. The summed E-state index contributed by atoms with van der Waals surface area (Å²) in [6.45, 7) is 6.76. The molecule has 1 aliphatic rings. The van der Waals surface area contributed by atoms with Crippen molar-refractivity contribution in [1.29, 1.82) is 5.26 Å². The number of nitrogens with zero attached hydrogens (tertiary/aromatic N) is 2. The molecule has 3 atom stereocenters. The van der Waals surface area contributed by atoms with E-state index in [1.54, 1.807) is 36.4 Å². The minimum atomic E-state index is -1.33. The number of unbranched alkanes of at least 4 members (excludes halogenated alkanes) is 6. The lowest BCUT2D eigenvalue weighted by molar-refractivity contribution is -0.140. The molecule has 2 aromatic rings. The van der Waals surface area contributed by atoms with Gasteiger partial charge in [-0.1, -0.05) is 64.5 Å². The quantitative estimate of drug-likeness (QED) is 0.0617. The smallest absolute Gasteiger partial charge is 0.248 e. The minimum absolute atomic E-state index is 0.0159. The van der Waals surface area contributed by atoms with Gasteiger partial charge in [-0.05, 0) is 55.3 Å². The molecular formula is C44H68N10O8. The molecule has 11 N–H and O–H groups in total. The zero-order valence-electron chi connectivity index (χ0n) is 36.8. The number of amides is 6. The molecule has 0 saturated carbocycles. The van der Waals surface area contributed by atoms with Crippen molar-refractivity contribution in [2.24, 2.45) is 17.2 Å². The van der Waals surface area contributed by atoms with Crippen molar-refractivity contribution in [1.82, 2.24) is 31.5 Å². The van der Waals surface area contributed by atoms with E-state index in [4.69, 9.17) is 31.9 Å². The minimum Gasteiger partial charge on any atom is -0.492 e. The number of rotatable bonds is 22. The standard InChI is InChI=1S/C42H61N9O8.C2H7N/c1-4-5-6-7-8-9-10-20-46-36(52)15-16-37(53)48-27-38(54)51(3)39-30-12-14-35(59-23-19-45)32(26-30)31-24-29(11-13-34(31)58-22-18-44)25-33(41(56)47-21-17-43)50-40(55)28(2)49-42(39)57;1-2-3/h11-14,24,26,28,33,39H,4-10,15-16,18-23,25,27,44-45H2,1-3H3,(H,46,52)(H,47,56)(H,48,53)(H,49,57)(H,50,55);2-3H2,1H3/t28-,33?,39?;/m0./s1. The molecule has 18 nitrogen and oxygen atoms in total. The van der Waals surface area contributed by atoms with Gasteiger partial charge in [-0.15, -0.1) is 0 Å². The highest BCUT2D eigenvalue weighted by atomic mass is 16.5. The Bertz CT molecular complexity index is 1800. The fraction of sp³-hybridized carbons (Fsp3) is 0.568. The van der Waals surface area contributed by atoms with E-state index >= 15 is 0 Å². The SMILES string of the molecule is CCCCCCCCCNC(=O)CCC(=O)NCC(=O)N(C)C1C(=O)N[C@@H](C)C(=O)NC(C(=O)NCC#N)Cc2ccc(OCCN)c(c2)-c2cc1ccc2OCCN.CCN. The lowest BCUT2D eigenvalue weighted by Crippen LogP contribution is -2.55. The first-order chi connectivity index (χ1) is 29.8. The van der Waals surface area contributed by atoms with Crippen LogP contribution in [0.4, 0.5) is 0 Å². The Morgan fingerprint density at radius 2 is 1.39 bits per heavy atom. The second-order valence-corrected chi connectivity index (χ2v) is 14.8. The van der Waals surface area contributed by atoms with Crippen LogP contribution in [0.5, 0.6) is 11.5 Å². The third-order valence-corrected chi connectivity index (χ3v) is 9.72. The molecule has 0 fully saturated rings. The monoisotopic (exact) mass is 865 g/mol. The molecule has 0 radical (unpaired) electrons. The Morgan fingerprint density at radius 1 is 0.806 bits per heavy atom. The summed E-state index contributed by atoms with van der Waals surface area (Å²) >= 11 is 0. The van der Waals surface area contributed by atoms with Crippen LogP contribution in [0.25, 0.3) is 11.1 Å². The van der Waals surface area contributed by atoms with Gasteiger partial charge in [0.25, 0.3) is 0 Å². The largest absolute Gasteiger partial charge is 0.492 e. The van der Waals surface area contributed by atoms with Gasteiger partial charge in [0.05, 0.1) is 12.6 Å².